The molecular formula is C23H26BrN3O4. The summed E-state index contributed by atoms with van der Waals surface area (Å²) < 4.78 is 11.8. The molecule has 7 nitrogen and oxygen atoms in total. The minimum Gasteiger partial charge on any atom is -0.496 e. The third-order valence-corrected chi connectivity index (χ3v) is 5.77. The van der Waals surface area contributed by atoms with Crippen LogP contribution in [0.15, 0.2) is 53.0 Å². The van der Waals surface area contributed by atoms with E-state index in [1.807, 2.05) is 43.4 Å². The second kappa shape index (κ2) is 10.3. The van der Waals surface area contributed by atoms with Crippen LogP contribution in [0.4, 0.5) is 16.2 Å². The first-order valence-electron chi connectivity index (χ1n) is 9.89. The van der Waals surface area contributed by atoms with E-state index in [0.29, 0.717) is 30.7 Å². The number of rotatable bonds is 6. The van der Waals surface area contributed by atoms with Crippen LogP contribution in [0.25, 0.3) is 0 Å². The highest BCUT2D eigenvalue weighted by Gasteiger charge is 2.28. The second-order valence-corrected chi connectivity index (χ2v) is 8.19. The van der Waals surface area contributed by atoms with Gasteiger partial charge in [-0.25, -0.2) is 4.79 Å². The van der Waals surface area contributed by atoms with Gasteiger partial charge in [-0.05, 0) is 64.2 Å². The highest BCUT2D eigenvalue weighted by Crippen LogP contribution is 2.36. The summed E-state index contributed by atoms with van der Waals surface area (Å²) in [4.78, 5) is 25.8. The van der Waals surface area contributed by atoms with Gasteiger partial charge in [-0.15, -0.1) is 0 Å². The molecule has 1 aliphatic rings. The fraction of sp³-hybridized carbons (Fsp3) is 0.304. The Kier molecular flexibility index (Phi) is 7.57. The summed E-state index contributed by atoms with van der Waals surface area (Å²) in [7, 11) is 3.44. The molecular weight excluding hydrogens is 462 g/mol. The molecule has 0 saturated carbocycles. The van der Waals surface area contributed by atoms with Crippen molar-refractivity contribution in [2.24, 2.45) is 0 Å². The van der Waals surface area contributed by atoms with Gasteiger partial charge >= 0.3 is 6.09 Å². The number of hydrogen-bond acceptors (Lipinski definition) is 5. The van der Waals surface area contributed by atoms with Gasteiger partial charge in [0, 0.05) is 19.3 Å². The van der Waals surface area contributed by atoms with E-state index < -0.39 is 6.09 Å². The maximum Gasteiger partial charge on any atom is 0.414 e. The third-order valence-electron chi connectivity index (χ3n) is 5.15. The fourth-order valence-corrected chi connectivity index (χ4v) is 4.07. The van der Waals surface area contributed by atoms with Gasteiger partial charge < -0.3 is 20.1 Å². The fourth-order valence-electron chi connectivity index (χ4n) is 3.58. The SMILES string of the molecule is C=C1Cc2cc(OC)c(Br)cc2N(C(=O)OCc2ccc(NC)cc2)CC(NC=O)C1. The minimum atomic E-state index is -0.485. The number of nitrogens with one attached hydrogen (secondary N) is 2. The largest absolute Gasteiger partial charge is 0.496 e. The zero-order valence-electron chi connectivity index (χ0n) is 17.6. The zero-order valence-corrected chi connectivity index (χ0v) is 19.2. The molecule has 3 rings (SSSR count). The number of amides is 2. The van der Waals surface area contributed by atoms with Crippen molar-refractivity contribution in [3.05, 3.63) is 64.1 Å². The molecule has 164 valence electrons. The molecule has 1 atom stereocenters. The monoisotopic (exact) mass is 487 g/mol. The molecule has 2 aromatic carbocycles. The molecule has 2 N–H and O–H groups in total. The van der Waals surface area contributed by atoms with E-state index in [0.717, 1.165) is 26.9 Å². The van der Waals surface area contributed by atoms with Crippen LogP contribution in [0.5, 0.6) is 5.75 Å². The highest BCUT2D eigenvalue weighted by molar-refractivity contribution is 9.10. The van der Waals surface area contributed by atoms with Gasteiger partial charge in [0.05, 0.1) is 23.3 Å². The lowest BCUT2D eigenvalue weighted by Gasteiger charge is -2.32. The Morgan fingerprint density at radius 3 is 2.71 bits per heavy atom. The van der Waals surface area contributed by atoms with E-state index in [4.69, 9.17) is 9.47 Å². The molecule has 2 aromatic rings. The Labute approximate surface area is 190 Å². The van der Waals surface area contributed by atoms with Crippen molar-refractivity contribution in [2.75, 3.05) is 30.9 Å². The summed E-state index contributed by atoms with van der Waals surface area (Å²) in [5.74, 6) is 0.674. The summed E-state index contributed by atoms with van der Waals surface area (Å²) in [5, 5.41) is 5.84. The summed E-state index contributed by atoms with van der Waals surface area (Å²) >= 11 is 3.50. The molecule has 8 heteroatoms. The second-order valence-electron chi connectivity index (χ2n) is 7.34. The molecule has 0 saturated heterocycles. The van der Waals surface area contributed by atoms with E-state index in [1.54, 1.807) is 12.0 Å². The molecule has 31 heavy (non-hydrogen) atoms. The lowest BCUT2D eigenvalue weighted by atomic mass is 9.95. The average Bonchev–Trinajstić information content (AvgIpc) is 2.76. The van der Waals surface area contributed by atoms with Crippen LogP contribution < -0.4 is 20.3 Å². The molecule has 0 fully saturated rings. The van der Waals surface area contributed by atoms with E-state index in [2.05, 4.69) is 33.1 Å². The van der Waals surface area contributed by atoms with E-state index in [1.165, 1.54) is 0 Å². The van der Waals surface area contributed by atoms with Crippen molar-refractivity contribution >= 4 is 39.8 Å². The first kappa shape index (κ1) is 22.7. The molecule has 0 aromatic heterocycles. The number of nitrogens with zero attached hydrogens (tertiary/aromatic N) is 1. The quantitative estimate of drug-likeness (QED) is 0.469. The van der Waals surface area contributed by atoms with Crippen LogP contribution in [-0.2, 0) is 22.6 Å². The number of benzene rings is 2. The normalized spacial score (nSPS) is 15.9. The smallest absolute Gasteiger partial charge is 0.414 e. The minimum absolute atomic E-state index is 0.143. The van der Waals surface area contributed by atoms with Crippen molar-refractivity contribution in [1.29, 1.82) is 0 Å². The Balaban J connectivity index is 1.89. The predicted molar refractivity (Wildman–Crippen MR) is 125 cm³/mol. The molecule has 0 spiro atoms. The van der Waals surface area contributed by atoms with Crippen molar-refractivity contribution in [1.82, 2.24) is 5.32 Å². The van der Waals surface area contributed by atoms with Gasteiger partial charge in [0.25, 0.3) is 0 Å². The van der Waals surface area contributed by atoms with Gasteiger partial charge in [-0.3, -0.25) is 9.69 Å². The Hall–Kier alpha value is -3.00. The van der Waals surface area contributed by atoms with Crippen LogP contribution in [0.3, 0.4) is 0 Å². The molecule has 1 unspecified atom stereocenters. The molecule has 2 amide bonds. The third kappa shape index (κ3) is 5.58. The van der Waals surface area contributed by atoms with Gasteiger partial charge in [0.15, 0.2) is 0 Å². The lowest BCUT2D eigenvalue weighted by molar-refractivity contribution is -0.110. The van der Waals surface area contributed by atoms with Gasteiger partial charge in [0.1, 0.15) is 12.4 Å². The Morgan fingerprint density at radius 1 is 1.32 bits per heavy atom. The molecule has 1 heterocycles. The van der Waals surface area contributed by atoms with Crippen LogP contribution in [-0.4, -0.2) is 39.2 Å². The van der Waals surface area contributed by atoms with Gasteiger partial charge in [0.2, 0.25) is 6.41 Å². The van der Waals surface area contributed by atoms with E-state index in [-0.39, 0.29) is 19.2 Å². The summed E-state index contributed by atoms with van der Waals surface area (Å²) in [5.41, 5.74) is 4.43. The molecule has 0 aliphatic carbocycles. The van der Waals surface area contributed by atoms with Crippen LogP contribution >= 0.6 is 15.9 Å². The van der Waals surface area contributed by atoms with Crippen LogP contribution in [0, 0.1) is 0 Å². The number of ether oxygens (including phenoxy) is 2. The predicted octanol–water partition coefficient (Wildman–Crippen LogP) is 4.26. The molecule has 1 aliphatic heterocycles. The van der Waals surface area contributed by atoms with Crippen LogP contribution in [0.2, 0.25) is 0 Å². The maximum atomic E-state index is 13.1. The zero-order chi connectivity index (χ0) is 22.4. The average molecular weight is 488 g/mol. The van der Waals surface area contributed by atoms with Crippen molar-refractivity contribution in [3.8, 4) is 5.75 Å². The first-order valence-corrected chi connectivity index (χ1v) is 10.7. The van der Waals surface area contributed by atoms with E-state index >= 15 is 0 Å². The topological polar surface area (TPSA) is 79.9 Å². The van der Waals surface area contributed by atoms with Crippen molar-refractivity contribution in [2.45, 2.75) is 25.5 Å². The summed E-state index contributed by atoms with van der Waals surface area (Å²) in [6.45, 7) is 4.55. The lowest BCUT2D eigenvalue weighted by Crippen LogP contribution is -2.45. The van der Waals surface area contributed by atoms with E-state index in [9.17, 15) is 9.59 Å². The number of halogens is 1. The standard InChI is InChI=1S/C23H26BrN3O4/c1-15-8-17-10-22(30-3)20(24)11-21(17)27(12-19(9-15)26-14-28)23(29)31-13-16-4-6-18(25-2)7-5-16/h4-7,10-11,14,19,25H,1,8-9,12-13H2,2-3H3,(H,26,28). The number of hydrogen-bond donors (Lipinski definition) is 2. The van der Waals surface area contributed by atoms with Crippen LogP contribution in [0.1, 0.15) is 17.5 Å². The number of fused-ring (bicyclic) bond motifs is 1. The Morgan fingerprint density at radius 2 is 2.06 bits per heavy atom. The van der Waals surface area contributed by atoms with Crippen molar-refractivity contribution in [3.63, 3.8) is 0 Å². The molecule has 0 bridgehead atoms. The number of carbonyl (C=O) groups excluding carboxylic acids is 2. The maximum absolute atomic E-state index is 13.1. The number of methoxy groups -OCH3 is 1. The summed E-state index contributed by atoms with van der Waals surface area (Å²) in [6, 6.07) is 11.1. The van der Waals surface area contributed by atoms with Crippen molar-refractivity contribution < 1.29 is 19.1 Å². The van der Waals surface area contributed by atoms with Gasteiger partial charge in [-0.1, -0.05) is 24.3 Å². The molecule has 0 radical (unpaired) electrons. The number of anilines is 2. The Bertz CT molecular complexity index is 962. The summed E-state index contributed by atoms with van der Waals surface area (Å²) in [6.07, 6.45) is 1.29. The van der Waals surface area contributed by atoms with Gasteiger partial charge in [-0.2, -0.15) is 0 Å². The number of carbonyl (C=O) groups is 2. The highest BCUT2D eigenvalue weighted by atomic mass is 79.9. The first-order chi connectivity index (χ1) is 14.9.